The molecule has 1 atom stereocenters. The minimum Gasteiger partial charge on any atom is -0.495 e. The van der Waals surface area contributed by atoms with Crippen LogP contribution in [0.3, 0.4) is 0 Å². The molecule has 7 nitrogen and oxygen atoms in total. The molecular formula is C18H13ClF3N3O4. The zero-order valence-electron chi connectivity index (χ0n) is 14.7. The number of hydrogen-bond donors (Lipinski definition) is 2. The van der Waals surface area contributed by atoms with Crippen molar-refractivity contribution < 1.29 is 32.3 Å². The van der Waals surface area contributed by atoms with Crippen LogP contribution in [0.5, 0.6) is 5.75 Å². The lowest BCUT2D eigenvalue weighted by Crippen LogP contribution is -2.69. The van der Waals surface area contributed by atoms with E-state index in [1.54, 1.807) is 10.6 Å². The highest BCUT2D eigenvalue weighted by molar-refractivity contribution is 6.34. The maximum atomic E-state index is 13.9. The van der Waals surface area contributed by atoms with Gasteiger partial charge in [0.1, 0.15) is 5.75 Å². The maximum Gasteiger partial charge on any atom is 0.440 e. The van der Waals surface area contributed by atoms with Gasteiger partial charge < -0.3 is 10.1 Å². The Morgan fingerprint density at radius 1 is 1.14 bits per heavy atom. The van der Waals surface area contributed by atoms with Gasteiger partial charge in [0, 0.05) is 0 Å². The number of alkyl halides is 3. The Morgan fingerprint density at radius 3 is 2.38 bits per heavy atom. The van der Waals surface area contributed by atoms with Gasteiger partial charge in [0.05, 0.1) is 23.4 Å². The summed E-state index contributed by atoms with van der Waals surface area (Å²) >= 11 is 5.85. The van der Waals surface area contributed by atoms with E-state index in [0.29, 0.717) is 0 Å². The number of rotatable bonds is 4. The van der Waals surface area contributed by atoms with E-state index >= 15 is 0 Å². The van der Waals surface area contributed by atoms with Gasteiger partial charge in [-0.15, -0.1) is 0 Å². The van der Waals surface area contributed by atoms with E-state index in [0.717, 1.165) is 0 Å². The van der Waals surface area contributed by atoms with Gasteiger partial charge in [-0.05, 0) is 24.3 Å². The molecular weight excluding hydrogens is 415 g/mol. The third-order valence-electron chi connectivity index (χ3n) is 4.19. The molecule has 2 aromatic carbocycles. The molecule has 29 heavy (non-hydrogen) atoms. The lowest BCUT2D eigenvalue weighted by atomic mass is 10.1. The highest BCUT2D eigenvalue weighted by Gasteiger charge is 2.69. The third kappa shape index (κ3) is 3.35. The number of anilines is 1. The summed E-state index contributed by atoms with van der Waals surface area (Å²) < 4.78 is 46.9. The van der Waals surface area contributed by atoms with E-state index in [2.05, 4.69) is 0 Å². The number of para-hydroxylation sites is 2. The fraction of sp³-hybridized carbons (Fsp3) is 0.167. The van der Waals surface area contributed by atoms with Gasteiger partial charge in [-0.25, -0.2) is 9.69 Å². The number of urea groups is 1. The fourth-order valence-electron chi connectivity index (χ4n) is 2.79. The van der Waals surface area contributed by atoms with E-state index in [9.17, 15) is 27.6 Å². The van der Waals surface area contributed by atoms with Gasteiger partial charge >= 0.3 is 12.2 Å². The number of amides is 4. The van der Waals surface area contributed by atoms with Crippen LogP contribution >= 0.6 is 11.6 Å². The van der Waals surface area contributed by atoms with Crippen molar-refractivity contribution in [2.75, 3.05) is 12.0 Å². The SMILES string of the molecule is COc1ccccc1N1C(=O)NC(NC(=O)c2ccccc2Cl)(C(F)(F)F)C1=O. The molecule has 152 valence electrons. The summed E-state index contributed by atoms with van der Waals surface area (Å²) in [7, 11) is 1.23. The molecule has 0 saturated carbocycles. The number of benzene rings is 2. The summed E-state index contributed by atoms with van der Waals surface area (Å²) in [5.41, 5.74) is -4.19. The second-order valence-electron chi connectivity index (χ2n) is 5.92. The van der Waals surface area contributed by atoms with Crippen molar-refractivity contribution in [1.82, 2.24) is 10.6 Å². The van der Waals surface area contributed by atoms with Crippen LogP contribution in [0.25, 0.3) is 0 Å². The smallest absolute Gasteiger partial charge is 0.440 e. The molecule has 3 rings (SSSR count). The number of nitrogens with one attached hydrogen (secondary N) is 2. The van der Waals surface area contributed by atoms with Gasteiger partial charge in [-0.1, -0.05) is 35.9 Å². The molecule has 2 aromatic rings. The van der Waals surface area contributed by atoms with E-state index < -0.39 is 29.7 Å². The summed E-state index contributed by atoms with van der Waals surface area (Å²) in [5.74, 6) is -3.03. The number of hydrogen-bond acceptors (Lipinski definition) is 4. The van der Waals surface area contributed by atoms with Gasteiger partial charge in [0.15, 0.2) is 0 Å². The van der Waals surface area contributed by atoms with Crippen LogP contribution in [-0.2, 0) is 4.79 Å². The van der Waals surface area contributed by atoms with Crippen molar-refractivity contribution in [3.05, 3.63) is 59.1 Å². The first-order valence-electron chi connectivity index (χ1n) is 8.06. The maximum absolute atomic E-state index is 13.9. The Balaban J connectivity index is 2.06. The molecule has 1 fully saturated rings. The number of nitrogens with zero attached hydrogens (tertiary/aromatic N) is 1. The van der Waals surface area contributed by atoms with Crippen LogP contribution in [0.4, 0.5) is 23.7 Å². The predicted octanol–water partition coefficient (Wildman–Crippen LogP) is 3.09. The summed E-state index contributed by atoms with van der Waals surface area (Å²) in [6.07, 6.45) is -5.35. The number of ether oxygens (including phenoxy) is 1. The standard InChI is InChI=1S/C18H13ClF3N3O4/c1-29-13-9-5-4-8-12(13)25-15(27)17(18(20,21)22,24-16(25)28)23-14(26)10-6-2-3-7-11(10)19/h2-9H,1H3,(H,23,26)(H,24,28). The van der Waals surface area contributed by atoms with Crippen molar-refractivity contribution in [3.8, 4) is 5.75 Å². The molecule has 0 spiro atoms. The topological polar surface area (TPSA) is 87.7 Å². The Hall–Kier alpha value is -3.27. The first-order chi connectivity index (χ1) is 13.6. The van der Waals surface area contributed by atoms with E-state index in [1.807, 2.05) is 0 Å². The highest BCUT2D eigenvalue weighted by Crippen LogP contribution is 2.38. The van der Waals surface area contributed by atoms with E-state index in [1.165, 1.54) is 55.6 Å². The Morgan fingerprint density at radius 2 is 1.76 bits per heavy atom. The molecule has 0 radical (unpaired) electrons. The molecule has 1 aliphatic heterocycles. The minimum absolute atomic E-state index is 0.00796. The Labute approximate surface area is 167 Å². The van der Waals surface area contributed by atoms with Crippen LogP contribution in [0.2, 0.25) is 5.02 Å². The van der Waals surface area contributed by atoms with Crippen molar-refractivity contribution in [2.24, 2.45) is 0 Å². The van der Waals surface area contributed by atoms with Crippen molar-refractivity contribution in [2.45, 2.75) is 11.8 Å². The van der Waals surface area contributed by atoms with Crippen molar-refractivity contribution in [3.63, 3.8) is 0 Å². The summed E-state index contributed by atoms with van der Waals surface area (Å²) in [6.45, 7) is 0. The van der Waals surface area contributed by atoms with Gasteiger partial charge in [0.25, 0.3) is 17.5 Å². The monoisotopic (exact) mass is 427 g/mol. The molecule has 0 aromatic heterocycles. The number of carbonyl (C=O) groups is 3. The Kier molecular flexibility index (Phi) is 5.14. The van der Waals surface area contributed by atoms with Crippen LogP contribution < -0.4 is 20.3 Å². The fourth-order valence-corrected chi connectivity index (χ4v) is 3.02. The van der Waals surface area contributed by atoms with Gasteiger partial charge in [0.2, 0.25) is 0 Å². The number of halogens is 4. The van der Waals surface area contributed by atoms with Gasteiger partial charge in [-0.3, -0.25) is 14.9 Å². The van der Waals surface area contributed by atoms with Crippen molar-refractivity contribution >= 4 is 35.1 Å². The first-order valence-corrected chi connectivity index (χ1v) is 8.43. The molecule has 2 N–H and O–H groups in total. The molecule has 1 aliphatic rings. The molecule has 1 saturated heterocycles. The first kappa shape index (κ1) is 20.5. The summed E-state index contributed by atoms with van der Waals surface area (Å²) in [5, 5.41) is 3.03. The molecule has 4 amide bonds. The lowest BCUT2D eigenvalue weighted by molar-refractivity contribution is -0.197. The van der Waals surface area contributed by atoms with Crippen LogP contribution in [-0.4, -0.2) is 36.8 Å². The quantitative estimate of drug-likeness (QED) is 0.734. The normalized spacial score (nSPS) is 19.1. The summed E-state index contributed by atoms with van der Waals surface area (Å²) in [6, 6.07) is 9.49. The molecule has 11 heteroatoms. The van der Waals surface area contributed by atoms with Gasteiger partial charge in [-0.2, -0.15) is 13.2 Å². The molecule has 0 aliphatic carbocycles. The predicted molar refractivity (Wildman–Crippen MR) is 96.7 cm³/mol. The zero-order valence-corrected chi connectivity index (χ0v) is 15.5. The average Bonchev–Trinajstić information content (AvgIpc) is 2.92. The molecule has 1 unspecified atom stereocenters. The number of methoxy groups -OCH3 is 1. The molecule has 1 heterocycles. The number of imide groups is 1. The Bertz CT molecular complexity index is 998. The average molecular weight is 428 g/mol. The minimum atomic E-state index is -5.35. The van der Waals surface area contributed by atoms with E-state index in [4.69, 9.17) is 16.3 Å². The molecule has 0 bridgehead atoms. The largest absolute Gasteiger partial charge is 0.495 e. The lowest BCUT2D eigenvalue weighted by Gasteiger charge is -2.30. The van der Waals surface area contributed by atoms with Crippen molar-refractivity contribution in [1.29, 1.82) is 0 Å². The number of carbonyl (C=O) groups excluding carboxylic acids is 3. The zero-order chi connectivity index (χ0) is 21.4. The summed E-state index contributed by atoms with van der Waals surface area (Å²) in [4.78, 5) is 37.9. The second-order valence-corrected chi connectivity index (χ2v) is 6.33. The highest BCUT2D eigenvalue weighted by atomic mass is 35.5. The van der Waals surface area contributed by atoms with Crippen LogP contribution in [0, 0.1) is 0 Å². The van der Waals surface area contributed by atoms with Crippen LogP contribution in [0.1, 0.15) is 10.4 Å². The third-order valence-corrected chi connectivity index (χ3v) is 4.52. The second kappa shape index (κ2) is 7.28. The van der Waals surface area contributed by atoms with E-state index in [-0.39, 0.29) is 26.9 Å². The van der Waals surface area contributed by atoms with Crippen LogP contribution in [0.15, 0.2) is 48.5 Å².